The normalized spacial score (nSPS) is 20.1. The van der Waals surface area contributed by atoms with E-state index in [9.17, 15) is 12.8 Å². The first-order valence-electron chi connectivity index (χ1n) is 6.86. The number of rotatable bonds is 3. The Balaban J connectivity index is 0.00000220. The largest absolute Gasteiger partial charge is 0.329 e. The van der Waals surface area contributed by atoms with Gasteiger partial charge < -0.3 is 5.73 Å². The van der Waals surface area contributed by atoms with Gasteiger partial charge in [-0.15, -0.1) is 12.4 Å². The third-order valence-electron chi connectivity index (χ3n) is 3.86. The van der Waals surface area contributed by atoms with E-state index in [4.69, 9.17) is 5.73 Å². The van der Waals surface area contributed by atoms with Gasteiger partial charge in [-0.2, -0.15) is 4.31 Å². The molecule has 2 rings (SSSR count). The van der Waals surface area contributed by atoms with E-state index < -0.39 is 10.0 Å². The number of hydrogen-bond donors (Lipinski definition) is 1. The fourth-order valence-electron chi connectivity index (χ4n) is 2.72. The predicted octanol–water partition coefficient (Wildman–Crippen LogP) is 2.37. The summed E-state index contributed by atoms with van der Waals surface area (Å²) in [5, 5.41) is 0. The van der Waals surface area contributed by atoms with Crippen LogP contribution in [0.25, 0.3) is 0 Å². The highest BCUT2D eigenvalue weighted by molar-refractivity contribution is 7.89. The second kappa shape index (κ2) is 7.05. The van der Waals surface area contributed by atoms with E-state index in [1.165, 1.54) is 16.4 Å². The smallest absolute Gasteiger partial charge is 0.243 e. The van der Waals surface area contributed by atoms with Crippen LogP contribution in [-0.4, -0.2) is 31.9 Å². The zero-order chi connectivity index (χ0) is 14.9. The summed E-state index contributed by atoms with van der Waals surface area (Å²) in [5.74, 6) is -0.349. The fraction of sp³-hybridized carbons (Fsp3) is 0.571. The van der Waals surface area contributed by atoms with Gasteiger partial charge in [0.15, 0.2) is 0 Å². The Morgan fingerprint density at radius 2 is 1.86 bits per heavy atom. The van der Waals surface area contributed by atoms with Gasteiger partial charge in [0.1, 0.15) is 5.82 Å². The number of nitrogens with two attached hydrogens (primary N) is 1. The quantitative estimate of drug-likeness (QED) is 0.921. The Labute approximate surface area is 132 Å². The van der Waals surface area contributed by atoms with Crippen molar-refractivity contribution in [3.63, 3.8) is 0 Å². The average Bonchev–Trinajstić information content (AvgIpc) is 2.44. The van der Waals surface area contributed by atoms with Crippen LogP contribution >= 0.6 is 12.4 Å². The van der Waals surface area contributed by atoms with Gasteiger partial charge in [0, 0.05) is 19.1 Å². The molecule has 0 aromatic heterocycles. The first-order chi connectivity index (χ1) is 9.37. The molecule has 0 radical (unpaired) electrons. The van der Waals surface area contributed by atoms with Crippen LogP contribution in [0.2, 0.25) is 0 Å². The van der Waals surface area contributed by atoms with E-state index in [-0.39, 0.29) is 29.2 Å². The molecule has 1 aliphatic rings. The highest BCUT2D eigenvalue weighted by Gasteiger charge is 2.33. The van der Waals surface area contributed by atoms with Gasteiger partial charge >= 0.3 is 0 Å². The maximum absolute atomic E-state index is 13.7. The molecule has 0 aliphatic carbocycles. The van der Waals surface area contributed by atoms with Crippen LogP contribution < -0.4 is 5.73 Å². The molecule has 1 aromatic rings. The van der Waals surface area contributed by atoms with Gasteiger partial charge in [-0.25, -0.2) is 12.8 Å². The summed E-state index contributed by atoms with van der Waals surface area (Å²) in [7, 11) is -3.60. The summed E-state index contributed by atoms with van der Waals surface area (Å²) in [6.07, 6.45) is 2.62. The third-order valence-corrected chi connectivity index (χ3v) is 5.79. The molecule has 1 unspecified atom stereocenters. The summed E-state index contributed by atoms with van der Waals surface area (Å²) in [6, 6.07) is 2.65. The maximum atomic E-state index is 13.7. The van der Waals surface area contributed by atoms with Crippen molar-refractivity contribution in [2.75, 3.05) is 13.1 Å². The fourth-order valence-corrected chi connectivity index (χ4v) is 4.59. The van der Waals surface area contributed by atoms with Gasteiger partial charge in [0.2, 0.25) is 10.0 Å². The molecule has 1 fully saturated rings. The van der Waals surface area contributed by atoms with Crippen LogP contribution in [0.5, 0.6) is 0 Å². The van der Waals surface area contributed by atoms with Crippen LogP contribution in [0, 0.1) is 19.7 Å². The summed E-state index contributed by atoms with van der Waals surface area (Å²) in [5.41, 5.74) is 6.39. The Morgan fingerprint density at radius 1 is 1.29 bits per heavy atom. The van der Waals surface area contributed by atoms with Gasteiger partial charge in [-0.05, 0) is 49.9 Å². The zero-order valence-corrected chi connectivity index (χ0v) is 13.9. The van der Waals surface area contributed by atoms with Crippen LogP contribution in [0.15, 0.2) is 17.0 Å². The molecule has 4 nitrogen and oxygen atoms in total. The minimum atomic E-state index is -3.60. The van der Waals surface area contributed by atoms with Gasteiger partial charge in [0.25, 0.3) is 0 Å². The Kier molecular flexibility index (Phi) is 6.16. The van der Waals surface area contributed by atoms with Crippen LogP contribution in [0.4, 0.5) is 4.39 Å². The number of aryl methyl sites for hydroxylation is 2. The van der Waals surface area contributed by atoms with Crippen molar-refractivity contribution in [1.82, 2.24) is 4.31 Å². The second-order valence-electron chi connectivity index (χ2n) is 5.37. The third kappa shape index (κ3) is 3.56. The van der Waals surface area contributed by atoms with Crippen molar-refractivity contribution < 1.29 is 12.8 Å². The first kappa shape index (κ1) is 18.4. The lowest BCUT2D eigenvalue weighted by molar-refractivity contribution is 0.257. The SMILES string of the molecule is Cc1cc(S(=O)(=O)N2CCCCC2CN)cc(C)c1F.Cl. The molecule has 0 bridgehead atoms. The second-order valence-corrected chi connectivity index (χ2v) is 7.26. The molecule has 21 heavy (non-hydrogen) atoms. The van der Waals surface area contributed by atoms with E-state index in [2.05, 4.69) is 0 Å². The highest BCUT2D eigenvalue weighted by atomic mass is 35.5. The molecule has 1 aromatic carbocycles. The molecular weight excluding hydrogens is 315 g/mol. The number of hydrogen-bond acceptors (Lipinski definition) is 3. The summed E-state index contributed by atoms with van der Waals surface area (Å²) in [4.78, 5) is 0.161. The van der Waals surface area contributed by atoms with Crippen LogP contribution in [-0.2, 0) is 10.0 Å². The minimum Gasteiger partial charge on any atom is -0.329 e. The number of piperidine rings is 1. The molecule has 0 amide bonds. The monoisotopic (exact) mass is 336 g/mol. The van der Waals surface area contributed by atoms with E-state index in [1.807, 2.05) is 0 Å². The zero-order valence-electron chi connectivity index (χ0n) is 12.3. The van der Waals surface area contributed by atoms with Crippen molar-refractivity contribution in [2.45, 2.75) is 44.0 Å². The standard InChI is InChI=1S/C14H21FN2O2S.ClH/c1-10-7-13(8-11(2)14(10)15)20(18,19)17-6-4-3-5-12(17)9-16;/h7-8,12H,3-6,9,16H2,1-2H3;1H. The average molecular weight is 337 g/mol. The van der Waals surface area contributed by atoms with E-state index in [0.29, 0.717) is 24.2 Å². The van der Waals surface area contributed by atoms with Crippen molar-refractivity contribution >= 4 is 22.4 Å². The van der Waals surface area contributed by atoms with Crippen molar-refractivity contribution in [3.05, 3.63) is 29.1 Å². The molecule has 120 valence electrons. The van der Waals surface area contributed by atoms with E-state index >= 15 is 0 Å². The Morgan fingerprint density at radius 3 is 2.38 bits per heavy atom. The lowest BCUT2D eigenvalue weighted by Crippen LogP contribution is -2.47. The molecule has 0 spiro atoms. The lowest BCUT2D eigenvalue weighted by atomic mass is 10.1. The molecule has 1 aliphatic heterocycles. The van der Waals surface area contributed by atoms with Gasteiger partial charge in [0.05, 0.1) is 4.90 Å². The Hall–Kier alpha value is -0.690. The summed E-state index contributed by atoms with van der Waals surface area (Å²) in [6.45, 7) is 3.97. The highest BCUT2D eigenvalue weighted by Crippen LogP contribution is 2.27. The first-order valence-corrected chi connectivity index (χ1v) is 8.30. The maximum Gasteiger partial charge on any atom is 0.243 e. The lowest BCUT2D eigenvalue weighted by Gasteiger charge is -2.34. The van der Waals surface area contributed by atoms with Crippen molar-refractivity contribution in [1.29, 1.82) is 0 Å². The molecule has 7 heteroatoms. The van der Waals surface area contributed by atoms with Gasteiger partial charge in [-0.3, -0.25) is 0 Å². The molecule has 0 saturated carbocycles. The Bertz CT molecular complexity index is 584. The topological polar surface area (TPSA) is 63.4 Å². The van der Waals surface area contributed by atoms with Crippen molar-refractivity contribution in [3.8, 4) is 0 Å². The minimum absolute atomic E-state index is 0. The molecule has 1 heterocycles. The molecule has 1 saturated heterocycles. The van der Waals surface area contributed by atoms with E-state index in [0.717, 1.165) is 19.3 Å². The number of sulfonamides is 1. The van der Waals surface area contributed by atoms with Gasteiger partial charge in [-0.1, -0.05) is 6.42 Å². The number of halogens is 2. The molecular formula is C14H22ClFN2O2S. The van der Waals surface area contributed by atoms with Crippen molar-refractivity contribution in [2.24, 2.45) is 5.73 Å². The molecule has 1 atom stereocenters. The van der Waals surface area contributed by atoms with Crippen LogP contribution in [0.3, 0.4) is 0 Å². The summed E-state index contributed by atoms with van der Waals surface area (Å²) < 4.78 is 40.6. The molecule has 2 N–H and O–H groups in total. The summed E-state index contributed by atoms with van der Waals surface area (Å²) >= 11 is 0. The van der Waals surface area contributed by atoms with Crippen LogP contribution in [0.1, 0.15) is 30.4 Å². The van der Waals surface area contributed by atoms with E-state index in [1.54, 1.807) is 13.8 Å². The number of nitrogens with zero attached hydrogens (tertiary/aromatic N) is 1. The number of benzene rings is 1. The predicted molar refractivity (Wildman–Crippen MR) is 83.7 cm³/mol.